The first-order valence-corrected chi connectivity index (χ1v) is 26.1. The maximum absolute atomic E-state index is 12.7. The third-order valence-corrected chi connectivity index (χ3v) is 14.1. The quantitative estimate of drug-likeness (QED) is 0.165. The second kappa shape index (κ2) is 19.0. The zero-order valence-corrected chi connectivity index (χ0v) is 46.3. The van der Waals surface area contributed by atoms with E-state index >= 15 is 0 Å². The van der Waals surface area contributed by atoms with E-state index in [0.29, 0.717) is 22.5 Å². The minimum atomic E-state index is -2.45. The molecule has 0 bridgehead atoms. The monoisotopic (exact) mass is 981 g/mol. The summed E-state index contributed by atoms with van der Waals surface area (Å²) >= 11 is 0. The van der Waals surface area contributed by atoms with Crippen LogP contribution in [-0.2, 0) is 28.0 Å². The van der Waals surface area contributed by atoms with E-state index in [1.165, 1.54) is 11.6 Å². The average Bonchev–Trinajstić information content (AvgIpc) is 4.04. The van der Waals surface area contributed by atoms with Gasteiger partial charge in [0.2, 0.25) is 0 Å². The van der Waals surface area contributed by atoms with Crippen LogP contribution in [-0.4, -0.2) is 19.6 Å². The fraction of sp³-hybridized carbons (Fsp3) is 0.314. The topological polar surface area (TPSA) is 50.9 Å². The number of fused-ring (bicyclic) bond motifs is 1. The van der Waals surface area contributed by atoms with Crippen LogP contribution < -0.4 is 0 Å². The lowest BCUT2D eigenvalue weighted by molar-refractivity contribution is 0.411. The first-order valence-electron chi connectivity index (χ1n) is 28.6. The van der Waals surface area contributed by atoms with Crippen LogP contribution in [0, 0.1) is 12.3 Å². The third kappa shape index (κ3) is 10.7. The van der Waals surface area contributed by atoms with Crippen molar-refractivity contribution < 1.29 is 12.0 Å². The van der Waals surface area contributed by atoms with Crippen LogP contribution >= 0.6 is 0 Å². The second-order valence-corrected chi connectivity index (χ2v) is 25.4. The molecule has 74 heavy (non-hydrogen) atoms. The zero-order valence-electron chi connectivity index (χ0n) is 51.3. The summed E-state index contributed by atoms with van der Waals surface area (Å²) in [6, 6.07) is 51.7. The Hall–Kier alpha value is -7.04. The van der Waals surface area contributed by atoms with E-state index in [9.17, 15) is 5.11 Å². The number of hydrogen-bond acceptors (Lipinski definition) is 3. The number of hydrogen-bond donors (Lipinski definition) is 1. The molecule has 0 amide bonds. The molecule has 0 aliphatic heterocycles. The summed E-state index contributed by atoms with van der Waals surface area (Å²) in [7, 11) is 0. The Morgan fingerprint density at radius 1 is 0.486 bits per heavy atom. The number of imidazole rings is 1. The lowest BCUT2D eigenvalue weighted by Gasteiger charge is -2.28. The maximum atomic E-state index is 12.7. The summed E-state index contributed by atoms with van der Waals surface area (Å²) in [6.07, 6.45) is 0.0966. The molecule has 0 fully saturated rings. The standard InChI is InChI=1S/C70H77N3O/c1-44-35-45(43-66(2,3)4)25-31-55(44)48-28-26-46(27-29-48)49-33-34-71-60(39-49)51-36-50(37-53(38-51)68(8,9)10)56-23-20-24-62-63(56)72-65(58-41-54(69(11,12)13)42-59(64(58)74)70(14,15)16)73(62)61-32-30-52(67(5,6)7)40-57(61)47-21-18-17-19-22-47/h17-42,74H,43H2,1-16H3/i1D3,43D2. The zero-order chi connectivity index (χ0) is 57.6. The summed E-state index contributed by atoms with van der Waals surface area (Å²) < 4.78 is 45.4. The van der Waals surface area contributed by atoms with Crippen LogP contribution in [0.1, 0.15) is 144 Å². The van der Waals surface area contributed by atoms with Crippen molar-refractivity contribution in [2.24, 2.45) is 5.41 Å². The summed E-state index contributed by atoms with van der Waals surface area (Å²) in [5.41, 5.74) is 15.5. The molecule has 9 aromatic rings. The molecule has 4 heteroatoms. The molecule has 9 rings (SSSR count). The van der Waals surface area contributed by atoms with Gasteiger partial charge in [0.1, 0.15) is 11.6 Å². The first kappa shape index (κ1) is 45.6. The molecule has 4 nitrogen and oxygen atoms in total. The molecule has 2 aromatic heterocycles. The second-order valence-electron chi connectivity index (χ2n) is 25.4. The van der Waals surface area contributed by atoms with Crippen molar-refractivity contribution in [3.8, 4) is 78.6 Å². The Morgan fingerprint density at radius 2 is 1.12 bits per heavy atom. The molecular formula is C70H77N3O. The Labute approximate surface area is 449 Å². The van der Waals surface area contributed by atoms with Crippen LogP contribution in [0.5, 0.6) is 5.75 Å². The highest BCUT2D eigenvalue weighted by Crippen LogP contribution is 2.46. The van der Waals surface area contributed by atoms with E-state index in [0.717, 1.165) is 83.6 Å². The van der Waals surface area contributed by atoms with Gasteiger partial charge in [0.05, 0.1) is 28.0 Å². The van der Waals surface area contributed by atoms with Gasteiger partial charge >= 0.3 is 0 Å². The highest BCUT2D eigenvalue weighted by molar-refractivity contribution is 5.98. The van der Waals surface area contributed by atoms with Crippen LogP contribution in [0.4, 0.5) is 0 Å². The van der Waals surface area contributed by atoms with Gasteiger partial charge in [-0.05, 0) is 150 Å². The largest absolute Gasteiger partial charge is 0.507 e. The first-order chi connectivity index (χ1) is 36.6. The number of para-hydroxylation sites is 1. The Kier molecular flexibility index (Phi) is 11.7. The molecule has 0 spiro atoms. The highest BCUT2D eigenvalue weighted by atomic mass is 16.3. The predicted molar refractivity (Wildman–Crippen MR) is 316 cm³/mol. The number of benzene rings is 7. The molecular weight excluding hydrogens is 899 g/mol. The molecule has 0 aliphatic carbocycles. The summed E-state index contributed by atoms with van der Waals surface area (Å²) in [6.45, 7) is 29.5. The number of pyridine rings is 1. The number of aromatic nitrogens is 3. The van der Waals surface area contributed by atoms with Crippen molar-refractivity contribution in [1.29, 1.82) is 0 Å². The summed E-state index contributed by atoms with van der Waals surface area (Å²) in [5.74, 6) is 0.875. The van der Waals surface area contributed by atoms with Gasteiger partial charge in [-0.2, -0.15) is 0 Å². The Morgan fingerprint density at radius 3 is 1.77 bits per heavy atom. The van der Waals surface area contributed by atoms with Crippen LogP contribution in [0.15, 0.2) is 158 Å². The molecule has 0 saturated carbocycles. The van der Waals surface area contributed by atoms with Crippen molar-refractivity contribution in [3.63, 3.8) is 0 Å². The molecule has 1 N–H and O–H groups in total. The molecule has 0 atom stereocenters. The molecule has 0 unspecified atom stereocenters. The van der Waals surface area contributed by atoms with Crippen molar-refractivity contribution in [2.45, 2.75) is 139 Å². The number of aryl methyl sites for hydroxylation is 1. The average molecular weight is 981 g/mol. The number of aromatic hydroxyl groups is 1. The van der Waals surface area contributed by atoms with E-state index in [4.69, 9.17) is 16.8 Å². The SMILES string of the molecule is [2H]C([2H])([2H])c1cc(C([2H])([2H])C(C)(C)C)ccc1-c1ccc(-c2ccnc(-c3cc(-c4cccc5c4nc(-c4cc(C(C)(C)C)cc(C(C)(C)C)c4O)n5-c4ccc(C(C)(C)C)cc4-c4ccccc4)cc(C(C)(C)C)c3)c2)cc1. The number of nitrogens with zero attached hydrogens (tertiary/aromatic N) is 3. The molecule has 0 radical (unpaired) electrons. The van der Waals surface area contributed by atoms with Crippen LogP contribution in [0.3, 0.4) is 0 Å². The van der Waals surface area contributed by atoms with E-state index in [1.54, 1.807) is 12.1 Å². The van der Waals surface area contributed by atoms with Gasteiger partial charge in [0, 0.05) is 35.3 Å². The number of phenols is 1. The van der Waals surface area contributed by atoms with Gasteiger partial charge in [-0.25, -0.2) is 4.98 Å². The smallest absolute Gasteiger partial charge is 0.149 e. The fourth-order valence-electron chi connectivity index (χ4n) is 9.89. The van der Waals surface area contributed by atoms with Gasteiger partial charge in [-0.15, -0.1) is 0 Å². The minimum absolute atomic E-state index is 0.111. The van der Waals surface area contributed by atoms with Crippen molar-refractivity contribution in [3.05, 3.63) is 191 Å². The van der Waals surface area contributed by atoms with Gasteiger partial charge in [0.15, 0.2) is 0 Å². The fourth-order valence-corrected chi connectivity index (χ4v) is 9.89. The third-order valence-electron chi connectivity index (χ3n) is 14.1. The summed E-state index contributed by atoms with van der Waals surface area (Å²) in [4.78, 5) is 10.7. The highest BCUT2D eigenvalue weighted by Gasteiger charge is 2.30. The summed E-state index contributed by atoms with van der Waals surface area (Å²) in [5, 5.41) is 12.7. The Balaban J connectivity index is 1.23. The van der Waals surface area contributed by atoms with Crippen molar-refractivity contribution in [1.82, 2.24) is 14.5 Å². The molecule has 0 aliphatic rings. The van der Waals surface area contributed by atoms with E-state index in [2.05, 4.69) is 191 Å². The van der Waals surface area contributed by atoms with E-state index in [-0.39, 0.29) is 33.0 Å². The van der Waals surface area contributed by atoms with Crippen LogP contribution in [0.25, 0.3) is 83.9 Å². The minimum Gasteiger partial charge on any atom is -0.507 e. The van der Waals surface area contributed by atoms with Gasteiger partial charge < -0.3 is 5.11 Å². The van der Waals surface area contributed by atoms with E-state index in [1.807, 2.05) is 57.3 Å². The lowest BCUT2D eigenvalue weighted by Crippen LogP contribution is -2.17. The molecule has 0 saturated heterocycles. The Bertz CT molecular complexity index is 3760. The normalized spacial score (nSPS) is 14.1. The van der Waals surface area contributed by atoms with Crippen LogP contribution in [0.2, 0.25) is 0 Å². The van der Waals surface area contributed by atoms with Crippen molar-refractivity contribution in [2.75, 3.05) is 0 Å². The van der Waals surface area contributed by atoms with Gasteiger partial charge in [-0.3, -0.25) is 9.55 Å². The number of rotatable bonds is 8. The predicted octanol–water partition coefficient (Wildman–Crippen LogP) is 19.2. The maximum Gasteiger partial charge on any atom is 0.149 e. The number of phenolic OH excluding ortho intramolecular Hbond substituents is 1. The molecule has 7 aromatic carbocycles. The van der Waals surface area contributed by atoms with Crippen molar-refractivity contribution >= 4 is 11.0 Å². The van der Waals surface area contributed by atoms with Gasteiger partial charge in [-0.1, -0.05) is 207 Å². The van der Waals surface area contributed by atoms with E-state index < -0.39 is 18.6 Å². The molecule has 2 heterocycles. The van der Waals surface area contributed by atoms with Gasteiger partial charge in [0.25, 0.3) is 0 Å². The molecule has 378 valence electrons. The lowest BCUT2D eigenvalue weighted by atomic mass is 9.79.